The Bertz CT molecular complexity index is 691. The first-order valence-corrected chi connectivity index (χ1v) is 7.79. The van der Waals surface area contributed by atoms with Crippen LogP contribution in [0.2, 0.25) is 0 Å². The van der Waals surface area contributed by atoms with Crippen LogP contribution in [0.5, 0.6) is 5.88 Å². The molecule has 0 aromatic carbocycles. The molecule has 2 aromatic rings. The van der Waals surface area contributed by atoms with Crippen molar-refractivity contribution in [1.82, 2.24) is 20.2 Å². The van der Waals surface area contributed by atoms with Crippen LogP contribution in [0.4, 0.5) is 5.82 Å². The summed E-state index contributed by atoms with van der Waals surface area (Å²) in [7, 11) is 1.61. The molecule has 0 saturated carbocycles. The van der Waals surface area contributed by atoms with E-state index in [0.29, 0.717) is 23.6 Å². The van der Waals surface area contributed by atoms with Crippen molar-refractivity contribution in [3.8, 4) is 5.88 Å². The van der Waals surface area contributed by atoms with Gasteiger partial charge >= 0.3 is 0 Å². The van der Waals surface area contributed by atoms with Crippen LogP contribution in [0.3, 0.4) is 0 Å². The number of piperidine rings is 1. The molecule has 4 heterocycles. The maximum Gasteiger partial charge on any atom is 0.245 e. The Morgan fingerprint density at radius 1 is 1.30 bits per heavy atom. The zero-order valence-electron chi connectivity index (χ0n) is 13.2. The summed E-state index contributed by atoms with van der Waals surface area (Å²) in [5, 5.41) is 7.99. The molecule has 8 heteroatoms. The Morgan fingerprint density at radius 2 is 2.22 bits per heavy atom. The van der Waals surface area contributed by atoms with E-state index < -0.39 is 0 Å². The van der Waals surface area contributed by atoms with Crippen LogP contribution < -0.4 is 9.64 Å². The van der Waals surface area contributed by atoms with Gasteiger partial charge in [0.2, 0.25) is 17.7 Å². The van der Waals surface area contributed by atoms with E-state index in [-0.39, 0.29) is 12.2 Å². The van der Waals surface area contributed by atoms with E-state index in [0.717, 1.165) is 31.7 Å². The first-order chi connectivity index (χ1) is 11.2. The molecular formula is C15H19N5O3. The van der Waals surface area contributed by atoms with E-state index in [9.17, 15) is 0 Å². The lowest BCUT2D eigenvalue weighted by Gasteiger charge is -2.34. The fourth-order valence-corrected chi connectivity index (χ4v) is 3.38. The topological polar surface area (TPSA) is 86.4 Å². The number of anilines is 1. The monoisotopic (exact) mass is 317 g/mol. The molecule has 0 bridgehead atoms. The van der Waals surface area contributed by atoms with E-state index >= 15 is 0 Å². The summed E-state index contributed by atoms with van der Waals surface area (Å²) in [6.45, 7) is 3.59. The number of ether oxygens (including phenoxy) is 2. The van der Waals surface area contributed by atoms with Crippen LogP contribution in [0.1, 0.15) is 30.7 Å². The van der Waals surface area contributed by atoms with Gasteiger partial charge in [-0.05, 0) is 12.8 Å². The normalized spacial score (nSPS) is 27.0. The van der Waals surface area contributed by atoms with Gasteiger partial charge in [0.05, 0.1) is 13.2 Å². The summed E-state index contributed by atoms with van der Waals surface area (Å²) in [5.74, 6) is 3.08. The molecule has 0 N–H and O–H groups in total. The lowest BCUT2D eigenvalue weighted by Crippen LogP contribution is -2.41. The molecule has 0 unspecified atom stereocenters. The molecule has 23 heavy (non-hydrogen) atoms. The molecule has 0 radical (unpaired) electrons. The van der Waals surface area contributed by atoms with Gasteiger partial charge in [-0.3, -0.25) is 0 Å². The third-order valence-corrected chi connectivity index (χ3v) is 4.50. The molecule has 2 aliphatic rings. The van der Waals surface area contributed by atoms with Crippen LogP contribution in [-0.2, 0) is 4.74 Å². The Hall–Kier alpha value is -2.22. The number of rotatable bonds is 3. The molecule has 0 amide bonds. The summed E-state index contributed by atoms with van der Waals surface area (Å²) in [4.78, 5) is 10.7. The highest BCUT2D eigenvalue weighted by atomic mass is 16.5. The smallest absolute Gasteiger partial charge is 0.245 e. The second-order valence-corrected chi connectivity index (χ2v) is 5.97. The average Bonchev–Trinajstić information content (AvgIpc) is 3.20. The van der Waals surface area contributed by atoms with Crippen molar-refractivity contribution >= 4 is 5.82 Å². The van der Waals surface area contributed by atoms with E-state index in [1.165, 1.54) is 6.33 Å². The molecule has 122 valence electrons. The molecule has 8 nitrogen and oxygen atoms in total. The minimum Gasteiger partial charge on any atom is -0.481 e. The molecule has 4 rings (SSSR count). The van der Waals surface area contributed by atoms with Gasteiger partial charge in [0, 0.05) is 32.0 Å². The molecule has 2 aliphatic heterocycles. The third kappa shape index (κ3) is 2.74. The van der Waals surface area contributed by atoms with E-state index in [1.54, 1.807) is 14.0 Å². The standard InChI is InChI=1S/C15H19N5O3/c1-9-18-19-15(22-9)12-5-10-7-20(4-3-11(10)23-12)13-6-14(21-2)17-8-16-13/h6,8,10-12H,3-5,7H2,1-2H3/t10-,11-,12+/m1/s1. The molecule has 2 fully saturated rings. The van der Waals surface area contributed by atoms with E-state index in [2.05, 4.69) is 25.1 Å². The van der Waals surface area contributed by atoms with Crippen molar-refractivity contribution in [2.24, 2.45) is 5.92 Å². The summed E-state index contributed by atoms with van der Waals surface area (Å²) in [6, 6.07) is 1.87. The van der Waals surface area contributed by atoms with Crippen molar-refractivity contribution in [3.63, 3.8) is 0 Å². The average molecular weight is 317 g/mol. The van der Waals surface area contributed by atoms with Crippen molar-refractivity contribution in [1.29, 1.82) is 0 Å². The number of fused-ring (bicyclic) bond motifs is 1. The van der Waals surface area contributed by atoms with Crippen molar-refractivity contribution in [3.05, 3.63) is 24.2 Å². The number of aromatic nitrogens is 4. The quantitative estimate of drug-likeness (QED) is 0.842. The second-order valence-electron chi connectivity index (χ2n) is 5.97. The maximum absolute atomic E-state index is 6.11. The van der Waals surface area contributed by atoms with Crippen molar-refractivity contribution in [2.75, 3.05) is 25.1 Å². The number of aryl methyl sites for hydroxylation is 1. The van der Waals surface area contributed by atoms with Crippen LogP contribution in [0, 0.1) is 12.8 Å². The highest BCUT2D eigenvalue weighted by Crippen LogP contribution is 2.41. The largest absolute Gasteiger partial charge is 0.481 e. The predicted molar refractivity (Wildman–Crippen MR) is 80.2 cm³/mol. The highest BCUT2D eigenvalue weighted by molar-refractivity contribution is 5.41. The van der Waals surface area contributed by atoms with Gasteiger partial charge in [0.25, 0.3) is 0 Å². The lowest BCUT2D eigenvalue weighted by atomic mass is 9.93. The maximum atomic E-state index is 6.11. The molecule has 2 aromatic heterocycles. The second kappa shape index (κ2) is 5.77. The van der Waals surface area contributed by atoms with Gasteiger partial charge in [-0.15, -0.1) is 10.2 Å². The number of hydrogen-bond donors (Lipinski definition) is 0. The summed E-state index contributed by atoms with van der Waals surface area (Å²) in [6.07, 6.45) is 3.54. The van der Waals surface area contributed by atoms with E-state index in [4.69, 9.17) is 13.9 Å². The molecule has 2 saturated heterocycles. The Kier molecular flexibility index (Phi) is 3.60. The summed E-state index contributed by atoms with van der Waals surface area (Å²) >= 11 is 0. The van der Waals surface area contributed by atoms with Crippen LogP contribution in [0.25, 0.3) is 0 Å². The Balaban J connectivity index is 1.47. The van der Waals surface area contributed by atoms with Gasteiger partial charge in [-0.1, -0.05) is 0 Å². The van der Waals surface area contributed by atoms with Crippen LogP contribution in [-0.4, -0.2) is 46.5 Å². The fraction of sp³-hybridized carbons (Fsp3) is 0.600. The number of hydrogen-bond acceptors (Lipinski definition) is 8. The number of methoxy groups -OCH3 is 1. The summed E-state index contributed by atoms with van der Waals surface area (Å²) in [5.41, 5.74) is 0. The van der Waals surface area contributed by atoms with Crippen molar-refractivity contribution < 1.29 is 13.9 Å². The van der Waals surface area contributed by atoms with Crippen LogP contribution >= 0.6 is 0 Å². The number of nitrogens with zero attached hydrogens (tertiary/aromatic N) is 5. The molecule has 0 spiro atoms. The first kappa shape index (κ1) is 14.4. The predicted octanol–water partition coefficient (Wildman–Crippen LogP) is 1.53. The van der Waals surface area contributed by atoms with Gasteiger partial charge in [0.1, 0.15) is 18.2 Å². The molecule has 3 atom stereocenters. The van der Waals surface area contributed by atoms with Crippen LogP contribution in [0.15, 0.2) is 16.8 Å². The summed E-state index contributed by atoms with van der Waals surface area (Å²) < 4.78 is 16.8. The highest BCUT2D eigenvalue weighted by Gasteiger charge is 2.41. The third-order valence-electron chi connectivity index (χ3n) is 4.50. The van der Waals surface area contributed by atoms with Gasteiger partial charge in [0.15, 0.2) is 0 Å². The SMILES string of the molecule is COc1cc(N2CC[C@H]3O[C@H](c4nnc(C)o4)C[C@@H]3C2)ncn1. The Labute approximate surface area is 133 Å². The minimum absolute atomic E-state index is 0.0916. The van der Waals surface area contributed by atoms with Gasteiger partial charge in [-0.25, -0.2) is 9.97 Å². The van der Waals surface area contributed by atoms with Gasteiger partial charge in [-0.2, -0.15) is 0 Å². The molecular weight excluding hydrogens is 298 g/mol. The molecule has 0 aliphatic carbocycles. The minimum atomic E-state index is -0.0916. The Morgan fingerprint density at radius 3 is 3.00 bits per heavy atom. The van der Waals surface area contributed by atoms with Crippen molar-refractivity contribution in [2.45, 2.75) is 32.0 Å². The lowest BCUT2D eigenvalue weighted by molar-refractivity contribution is 0.0124. The first-order valence-electron chi connectivity index (χ1n) is 7.79. The zero-order chi connectivity index (χ0) is 15.8. The van der Waals surface area contributed by atoms with E-state index in [1.807, 2.05) is 6.07 Å². The fourth-order valence-electron chi connectivity index (χ4n) is 3.38. The zero-order valence-corrected chi connectivity index (χ0v) is 13.2. The van der Waals surface area contributed by atoms with Gasteiger partial charge < -0.3 is 18.8 Å².